The van der Waals surface area contributed by atoms with Crippen molar-refractivity contribution in [2.45, 2.75) is 51.9 Å². The molecule has 0 bridgehead atoms. The molecular formula is C25H35N3O5S. The van der Waals surface area contributed by atoms with Gasteiger partial charge in [-0.1, -0.05) is 18.2 Å². The molecule has 1 heterocycles. The average Bonchev–Trinajstić information content (AvgIpc) is 2.76. The first kappa shape index (κ1) is 27.5. The number of methoxy groups -OCH3 is 1. The molecule has 0 saturated heterocycles. The van der Waals surface area contributed by atoms with Crippen LogP contribution in [0.15, 0.2) is 48.8 Å². The van der Waals surface area contributed by atoms with Gasteiger partial charge in [0.25, 0.3) is 0 Å². The lowest BCUT2D eigenvalue weighted by Crippen LogP contribution is -2.46. The fourth-order valence-electron chi connectivity index (χ4n) is 3.36. The molecule has 9 heteroatoms. The van der Waals surface area contributed by atoms with Crippen molar-refractivity contribution in [2.75, 3.05) is 25.7 Å². The van der Waals surface area contributed by atoms with E-state index < -0.39 is 22.5 Å². The van der Waals surface area contributed by atoms with Crippen LogP contribution < -0.4 is 5.32 Å². The van der Waals surface area contributed by atoms with Gasteiger partial charge in [0, 0.05) is 60.9 Å². The van der Waals surface area contributed by atoms with Gasteiger partial charge in [0.05, 0.1) is 12.7 Å². The lowest BCUT2D eigenvalue weighted by Gasteiger charge is -2.29. The molecule has 2 atom stereocenters. The number of esters is 1. The number of rotatable bonds is 11. The minimum absolute atomic E-state index is 0.259. The summed E-state index contributed by atoms with van der Waals surface area (Å²) in [5.41, 5.74) is 1.91. The van der Waals surface area contributed by atoms with E-state index in [1.54, 1.807) is 24.6 Å². The number of hydrogen-bond acceptors (Lipinski definition) is 7. The third-order valence-electron chi connectivity index (χ3n) is 4.86. The average molecular weight is 490 g/mol. The Morgan fingerprint density at radius 3 is 2.35 bits per heavy atom. The summed E-state index contributed by atoms with van der Waals surface area (Å²) in [7, 11) is 0.371. The molecule has 0 saturated carbocycles. The lowest BCUT2D eigenvalue weighted by molar-refractivity contribution is 0.0487. The molecule has 1 aromatic heterocycles. The number of pyridine rings is 1. The molecule has 0 spiro atoms. The van der Waals surface area contributed by atoms with Gasteiger partial charge in [-0.2, -0.15) is 0 Å². The molecule has 0 aliphatic rings. The highest BCUT2D eigenvalue weighted by Crippen LogP contribution is 2.14. The number of ether oxygens (including phenoxy) is 2. The summed E-state index contributed by atoms with van der Waals surface area (Å²) in [6, 6.07) is 10.9. The van der Waals surface area contributed by atoms with Crippen molar-refractivity contribution in [3.05, 3.63) is 65.5 Å². The van der Waals surface area contributed by atoms with Crippen LogP contribution in [0.1, 0.15) is 48.7 Å². The van der Waals surface area contributed by atoms with E-state index in [1.807, 2.05) is 51.2 Å². The van der Waals surface area contributed by atoms with Gasteiger partial charge < -0.3 is 14.8 Å². The molecule has 2 unspecified atom stereocenters. The van der Waals surface area contributed by atoms with Crippen molar-refractivity contribution in [3.8, 4) is 0 Å². The minimum Gasteiger partial charge on any atom is -0.465 e. The highest BCUT2D eigenvalue weighted by molar-refractivity contribution is 7.84. The number of hydrogen-bond donors (Lipinski definition) is 1. The van der Waals surface area contributed by atoms with Crippen LogP contribution in [-0.4, -0.2) is 63.5 Å². The zero-order chi connectivity index (χ0) is 25.1. The van der Waals surface area contributed by atoms with Crippen LogP contribution in [0.5, 0.6) is 0 Å². The number of carbonyl (C=O) groups is 2. The quantitative estimate of drug-likeness (QED) is 0.482. The van der Waals surface area contributed by atoms with Crippen LogP contribution in [0.2, 0.25) is 0 Å². The third-order valence-corrected chi connectivity index (χ3v) is 5.67. The highest BCUT2D eigenvalue weighted by Gasteiger charge is 2.22. The van der Waals surface area contributed by atoms with Crippen molar-refractivity contribution in [1.82, 2.24) is 15.2 Å². The van der Waals surface area contributed by atoms with Crippen LogP contribution in [0.4, 0.5) is 4.79 Å². The third kappa shape index (κ3) is 10.4. The molecule has 186 valence electrons. The molecule has 2 rings (SSSR count). The molecule has 1 N–H and O–H groups in total. The van der Waals surface area contributed by atoms with E-state index >= 15 is 0 Å². The van der Waals surface area contributed by atoms with Crippen molar-refractivity contribution in [1.29, 1.82) is 0 Å². The van der Waals surface area contributed by atoms with Crippen molar-refractivity contribution >= 4 is 22.9 Å². The Balaban J connectivity index is 2.20. The van der Waals surface area contributed by atoms with Gasteiger partial charge in [0.15, 0.2) is 0 Å². The Kier molecular flexibility index (Phi) is 10.7. The number of alkyl carbamates (subject to hydrolysis) is 1. The van der Waals surface area contributed by atoms with E-state index in [2.05, 4.69) is 15.2 Å². The molecule has 1 amide bonds. The number of nitrogens with zero attached hydrogens (tertiary/aromatic N) is 2. The summed E-state index contributed by atoms with van der Waals surface area (Å²) in [6.07, 6.45) is 5.24. The van der Waals surface area contributed by atoms with E-state index in [-0.39, 0.29) is 12.0 Å². The van der Waals surface area contributed by atoms with Gasteiger partial charge >= 0.3 is 12.1 Å². The zero-order valence-corrected chi connectivity index (χ0v) is 21.4. The maximum absolute atomic E-state index is 12.5. The molecule has 2 aromatic rings. The van der Waals surface area contributed by atoms with E-state index in [4.69, 9.17) is 9.47 Å². The van der Waals surface area contributed by atoms with Gasteiger partial charge in [-0.25, -0.2) is 9.59 Å². The van der Waals surface area contributed by atoms with Crippen LogP contribution in [-0.2, 0) is 33.4 Å². The molecule has 0 radical (unpaired) electrons. The summed E-state index contributed by atoms with van der Waals surface area (Å²) >= 11 is 0. The first-order chi connectivity index (χ1) is 16.1. The normalized spacial score (nSPS) is 13.2. The predicted molar refractivity (Wildman–Crippen MR) is 133 cm³/mol. The Bertz CT molecular complexity index is 945. The van der Waals surface area contributed by atoms with Crippen molar-refractivity contribution in [2.24, 2.45) is 0 Å². The van der Waals surface area contributed by atoms with E-state index in [9.17, 15) is 13.8 Å². The van der Waals surface area contributed by atoms with Crippen molar-refractivity contribution in [3.63, 3.8) is 0 Å². The summed E-state index contributed by atoms with van der Waals surface area (Å²) < 4.78 is 22.0. The molecule has 1 aromatic carbocycles. The number of benzene rings is 1. The second-order valence-corrected chi connectivity index (χ2v) is 10.7. The fourth-order valence-corrected chi connectivity index (χ4v) is 3.98. The monoisotopic (exact) mass is 489 g/mol. The van der Waals surface area contributed by atoms with Gasteiger partial charge in [0.2, 0.25) is 0 Å². The Morgan fingerprint density at radius 1 is 1.12 bits per heavy atom. The zero-order valence-electron chi connectivity index (χ0n) is 20.6. The minimum atomic E-state index is -0.983. The smallest absolute Gasteiger partial charge is 0.407 e. The fraction of sp³-hybridized carbons (Fsp3) is 0.480. The van der Waals surface area contributed by atoms with Gasteiger partial charge in [-0.3, -0.25) is 14.1 Å². The van der Waals surface area contributed by atoms with Gasteiger partial charge in [0.1, 0.15) is 5.60 Å². The molecule has 0 fully saturated rings. The van der Waals surface area contributed by atoms with Gasteiger partial charge in [-0.15, -0.1) is 0 Å². The summed E-state index contributed by atoms with van der Waals surface area (Å²) in [5.74, 6) is 0.0858. The topological polar surface area (TPSA) is 97.8 Å². The number of aromatic nitrogens is 1. The summed E-state index contributed by atoms with van der Waals surface area (Å²) in [6.45, 7) is 7.15. The number of nitrogens with one attached hydrogen (secondary N) is 1. The standard InChI is InChI=1S/C25H35N3O5S/c1-25(2,3)33-24(30)27-22(12-14-34(5)31)18-28(17-20-7-6-13-26-15-20)16-19-8-10-21(11-9-19)23(29)32-4/h6-11,13,15,22H,12,14,16-18H2,1-5H3,(H,27,30). The molecule has 0 aliphatic carbocycles. The van der Waals surface area contributed by atoms with Crippen LogP contribution in [0.3, 0.4) is 0 Å². The highest BCUT2D eigenvalue weighted by atomic mass is 32.2. The Morgan fingerprint density at radius 2 is 1.79 bits per heavy atom. The lowest BCUT2D eigenvalue weighted by atomic mass is 10.1. The second-order valence-electron chi connectivity index (χ2n) is 9.13. The maximum Gasteiger partial charge on any atom is 0.407 e. The first-order valence-corrected chi connectivity index (χ1v) is 12.9. The summed E-state index contributed by atoms with van der Waals surface area (Å²) in [5, 5.41) is 2.95. The molecule has 8 nitrogen and oxygen atoms in total. The molecule has 0 aliphatic heterocycles. The number of carbonyl (C=O) groups excluding carboxylic acids is 2. The van der Waals surface area contributed by atoms with Crippen molar-refractivity contribution < 1.29 is 23.3 Å². The van der Waals surface area contributed by atoms with Crippen LogP contribution in [0, 0.1) is 0 Å². The maximum atomic E-state index is 12.5. The largest absolute Gasteiger partial charge is 0.465 e. The SMILES string of the molecule is COC(=O)c1ccc(CN(Cc2cccnc2)CC(CCS(C)=O)NC(=O)OC(C)(C)C)cc1. The Hall–Kier alpha value is -2.78. The first-order valence-electron chi connectivity index (χ1n) is 11.1. The molecular weight excluding hydrogens is 454 g/mol. The van der Waals surface area contributed by atoms with E-state index in [0.717, 1.165) is 11.1 Å². The second kappa shape index (κ2) is 13.2. The van der Waals surface area contributed by atoms with Gasteiger partial charge in [-0.05, 0) is 56.5 Å². The summed E-state index contributed by atoms with van der Waals surface area (Å²) in [4.78, 5) is 30.6. The predicted octanol–water partition coefficient (Wildman–Crippen LogP) is 3.53. The van der Waals surface area contributed by atoms with E-state index in [0.29, 0.717) is 37.4 Å². The Labute approximate surface area is 204 Å². The number of amides is 1. The van der Waals surface area contributed by atoms with E-state index in [1.165, 1.54) is 7.11 Å². The van der Waals surface area contributed by atoms with Crippen LogP contribution >= 0.6 is 0 Å². The van der Waals surface area contributed by atoms with Crippen LogP contribution in [0.25, 0.3) is 0 Å². The molecule has 34 heavy (non-hydrogen) atoms.